The average Bonchev–Trinajstić information content (AvgIpc) is 2.79. The number of urea groups is 1. The van der Waals surface area contributed by atoms with Crippen LogP contribution >= 0.6 is 0 Å². The quantitative estimate of drug-likeness (QED) is 0.534. The Bertz CT molecular complexity index is 697. The van der Waals surface area contributed by atoms with E-state index in [2.05, 4.69) is 10.6 Å². The Morgan fingerprint density at radius 1 is 1.25 bits per heavy atom. The van der Waals surface area contributed by atoms with Crippen molar-refractivity contribution in [2.75, 3.05) is 13.1 Å². The minimum atomic E-state index is -1.24. The Balaban J connectivity index is 1.87. The first-order chi connectivity index (χ1) is 11.3. The zero-order chi connectivity index (χ0) is 17.5. The third kappa shape index (κ3) is 2.85. The Hall–Kier alpha value is -2.45. The second-order valence-electron chi connectivity index (χ2n) is 6.37. The van der Waals surface area contributed by atoms with E-state index in [1.54, 1.807) is 31.2 Å². The smallest absolute Gasteiger partial charge is 0.322 e. The predicted molar refractivity (Wildman–Crippen MR) is 83.0 cm³/mol. The maximum atomic E-state index is 12.6. The van der Waals surface area contributed by atoms with Gasteiger partial charge in [0.25, 0.3) is 11.8 Å². The number of carbonyl (C=O) groups excluding carboxylic acids is 3. The summed E-state index contributed by atoms with van der Waals surface area (Å²) in [5.41, 5.74) is -0.437. The van der Waals surface area contributed by atoms with E-state index in [0.717, 1.165) is 0 Å². The Morgan fingerprint density at radius 3 is 2.50 bits per heavy atom. The number of aliphatic hydroxyl groups is 2. The van der Waals surface area contributed by atoms with E-state index in [1.165, 1.54) is 4.90 Å². The molecule has 0 radical (unpaired) electrons. The van der Waals surface area contributed by atoms with Crippen LogP contribution in [-0.2, 0) is 10.3 Å². The molecule has 8 heteroatoms. The first kappa shape index (κ1) is 16.4. The van der Waals surface area contributed by atoms with Gasteiger partial charge in [-0.1, -0.05) is 12.1 Å². The number of carbonyl (C=O) groups is 3. The summed E-state index contributed by atoms with van der Waals surface area (Å²) >= 11 is 0. The molecule has 1 unspecified atom stereocenters. The molecule has 2 fully saturated rings. The second-order valence-corrected chi connectivity index (χ2v) is 6.37. The van der Waals surface area contributed by atoms with Gasteiger partial charge in [0.2, 0.25) is 0 Å². The molecule has 128 valence electrons. The topological polar surface area (TPSA) is 119 Å². The summed E-state index contributed by atoms with van der Waals surface area (Å²) in [5, 5.41) is 24.2. The van der Waals surface area contributed by atoms with Crippen molar-refractivity contribution >= 4 is 17.8 Å². The lowest BCUT2D eigenvalue weighted by molar-refractivity contribution is -0.123. The van der Waals surface area contributed by atoms with Crippen molar-refractivity contribution in [2.45, 2.75) is 31.1 Å². The number of nitrogens with one attached hydrogen (secondary N) is 2. The molecule has 0 bridgehead atoms. The summed E-state index contributed by atoms with van der Waals surface area (Å²) in [6.45, 7) is 1.86. The monoisotopic (exact) mass is 333 g/mol. The molecule has 1 aromatic carbocycles. The molecule has 0 saturated carbocycles. The van der Waals surface area contributed by atoms with Gasteiger partial charge in [-0.3, -0.25) is 14.9 Å². The van der Waals surface area contributed by atoms with Crippen molar-refractivity contribution in [1.29, 1.82) is 0 Å². The highest BCUT2D eigenvalue weighted by molar-refractivity contribution is 6.07. The first-order valence-electron chi connectivity index (χ1n) is 7.69. The van der Waals surface area contributed by atoms with Gasteiger partial charge in [0.05, 0.1) is 12.2 Å². The number of hydrogen-bond acceptors (Lipinski definition) is 5. The minimum Gasteiger partial charge on any atom is -0.391 e. The van der Waals surface area contributed by atoms with E-state index in [4.69, 9.17) is 0 Å². The number of likely N-dealkylation sites (tertiary alicyclic amines) is 1. The molecule has 2 aliphatic heterocycles. The van der Waals surface area contributed by atoms with Gasteiger partial charge in [-0.05, 0) is 24.6 Å². The van der Waals surface area contributed by atoms with Gasteiger partial charge < -0.3 is 20.4 Å². The highest BCUT2D eigenvalue weighted by atomic mass is 16.3. The van der Waals surface area contributed by atoms with Gasteiger partial charge in [0.1, 0.15) is 5.54 Å². The lowest BCUT2D eigenvalue weighted by Crippen LogP contribution is -2.48. The third-order valence-electron chi connectivity index (χ3n) is 4.43. The molecule has 1 aromatic rings. The molecule has 2 aliphatic rings. The van der Waals surface area contributed by atoms with Crippen molar-refractivity contribution in [3.8, 4) is 0 Å². The number of hydrogen-bond donors (Lipinski definition) is 4. The number of piperidine rings is 1. The molecule has 4 N–H and O–H groups in total. The van der Waals surface area contributed by atoms with Gasteiger partial charge in [-0.15, -0.1) is 0 Å². The normalized spacial score (nSPS) is 30.0. The highest BCUT2D eigenvalue weighted by Gasteiger charge is 2.43. The van der Waals surface area contributed by atoms with Crippen LogP contribution in [0, 0.1) is 0 Å². The highest BCUT2D eigenvalue weighted by Crippen LogP contribution is 2.26. The number of aliphatic hydroxyl groups excluding tert-OH is 2. The molecule has 24 heavy (non-hydrogen) atoms. The van der Waals surface area contributed by atoms with Gasteiger partial charge in [0, 0.05) is 25.1 Å². The molecular formula is C16H19N3O5. The van der Waals surface area contributed by atoms with Crippen LogP contribution in [0.5, 0.6) is 0 Å². The molecular weight excluding hydrogens is 314 g/mol. The maximum absolute atomic E-state index is 12.6. The summed E-state index contributed by atoms with van der Waals surface area (Å²) in [5.74, 6) is -0.830. The lowest BCUT2D eigenvalue weighted by Gasteiger charge is -2.33. The van der Waals surface area contributed by atoms with Crippen molar-refractivity contribution < 1.29 is 24.6 Å². The molecule has 0 spiro atoms. The minimum absolute atomic E-state index is 0.147. The molecule has 0 aliphatic carbocycles. The van der Waals surface area contributed by atoms with Crippen molar-refractivity contribution in [2.24, 2.45) is 0 Å². The van der Waals surface area contributed by atoms with E-state index < -0.39 is 29.7 Å². The van der Waals surface area contributed by atoms with E-state index in [1.807, 2.05) is 0 Å². The van der Waals surface area contributed by atoms with E-state index in [-0.39, 0.29) is 25.4 Å². The van der Waals surface area contributed by atoms with Crippen LogP contribution in [0.2, 0.25) is 0 Å². The van der Waals surface area contributed by atoms with E-state index in [9.17, 15) is 24.6 Å². The number of benzene rings is 1. The number of rotatable bonds is 2. The predicted octanol–water partition coefficient (Wildman–Crippen LogP) is -0.691. The van der Waals surface area contributed by atoms with Crippen LogP contribution < -0.4 is 10.6 Å². The molecule has 8 nitrogen and oxygen atoms in total. The lowest BCUT2D eigenvalue weighted by atomic mass is 9.90. The first-order valence-corrected chi connectivity index (χ1v) is 7.69. The van der Waals surface area contributed by atoms with Gasteiger partial charge in [-0.25, -0.2) is 4.79 Å². The van der Waals surface area contributed by atoms with E-state index >= 15 is 0 Å². The molecule has 3 atom stereocenters. The standard InChI is InChI=1S/C16H19N3O5/c1-16(14(23)17-15(24)18-16)10-4-2-3-9(5-10)13(22)19-7-11(20)6-12(21)8-19/h2-5,11-12,20-21H,6-8H2,1H3,(H2,17,18,23,24)/t11-,12+,16?. The molecule has 0 aromatic heterocycles. The fourth-order valence-corrected chi connectivity index (χ4v) is 3.10. The summed E-state index contributed by atoms with van der Waals surface area (Å²) in [4.78, 5) is 37.4. The van der Waals surface area contributed by atoms with Gasteiger partial charge >= 0.3 is 6.03 Å². The number of nitrogens with zero attached hydrogens (tertiary/aromatic N) is 1. The molecule has 2 saturated heterocycles. The van der Waals surface area contributed by atoms with Crippen molar-refractivity contribution in [1.82, 2.24) is 15.5 Å². The van der Waals surface area contributed by atoms with Crippen molar-refractivity contribution in [3.05, 3.63) is 35.4 Å². The SMILES string of the molecule is CC1(c2cccc(C(=O)N3C[C@H](O)C[C@H](O)C3)c2)NC(=O)NC1=O. The largest absolute Gasteiger partial charge is 0.391 e. The maximum Gasteiger partial charge on any atom is 0.322 e. The number of amides is 4. The average molecular weight is 333 g/mol. The Morgan fingerprint density at radius 2 is 1.92 bits per heavy atom. The zero-order valence-electron chi connectivity index (χ0n) is 13.2. The fourth-order valence-electron chi connectivity index (χ4n) is 3.10. The van der Waals surface area contributed by atoms with Gasteiger partial charge in [-0.2, -0.15) is 0 Å². The van der Waals surface area contributed by atoms with Crippen LogP contribution in [0.3, 0.4) is 0 Å². The van der Waals surface area contributed by atoms with Crippen molar-refractivity contribution in [3.63, 3.8) is 0 Å². The number of imide groups is 1. The Labute approximate surface area is 138 Å². The summed E-state index contributed by atoms with van der Waals surface area (Å²) in [7, 11) is 0. The van der Waals surface area contributed by atoms with Crippen LogP contribution in [-0.4, -0.2) is 58.3 Å². The molecule has 2 heterocycles. The summed E-state index contributed by atoms with van der Waals surface area (Å²) in [6, 6.07) is 5.84. The van der Waals surface area contributed by atoms with Crippen LogP contribution in [0.25, 0.3) is 0 Å². The molecule has 3 rings (SSSR count). The zero-order valence-corrected chi connectivity index (χ0v) is 13.2. The van der Waals surface area contributed by atoms with E-state index in [0.29, 0.717) is 11.1 Å². The summed E-state index contributed by atoms with van der Waals surface area (Å²) < 4.78 is 0. The summed E-state index contributed by atoms with van der Waals surface area (Å²) in [6.07, 6.45) is -1.29. The fraction of sp³-hybridized carbons (Fsp3) is 0.438. The van der Waals surface area contributed by atoms with Crippen LogP contribution in [0.4, 0.5) is 4.79 Å². The number of β-amino-alcohol motifs (C(OH)–C–C–N with tert-alkyl or cyclic N) is 2. The van der Waals surface area contributed by atoms with Crippen LogP contribution in [0.1, 0.15) is 29.3 Å². The second kappa shape index (κ2) is 5.88. The van der Waals surface area contributed by atoms with Crippen LogP contribution in [0.15, 0.2) is 24.3 Å². The molecule has 4 amide bonds. The Kier molecular flexibility index (Phi) is 4.02. The third-order valence-corrected chi connectivity index (χ3v) is 4.43. The van der Waals surface area contributed by atoms with Gasteiger partial charge in [0.15, 0.2) is 0 Å².